The Bertz CT molecular complexity index is 2040. The van der Waals surface area contributed by atoms with Crippen molar-refractivity contribution in [1.29, 1.82) is 0 Å². The maximum Gasteiger partial charge on any atom is 0.224 e. The van der Waals surface area contributed by atoms with Crippen molar-refractivity contribution < 1.29 is 55.8 Å². The lowest BCUT2D eigenvalue weighted by Gasteiger charge is -2.11. The van der Waals surface area contributed by atoms with Crippen LogP contribution in [-0.2, 0) is 41.6 Å². The predicted molar refractivity (Wildman–Crippen MR) is 264 cm³/mol. The fraction of sp³-hybridized carbons (Fsp3) is 0.280. The summed E-state index contributed by atoms with van der Waals surface area (Å²) < 4.78 is 59.8. The number of amides is 2. The largest absolute Gasteiger partial charge is 0.497 e. The van der Waals surface area contributed by atoms with Gasteiger partial charge in [0.25, 0.3) is 0 Å². The highest BCUT2D eigenvalue weighted by Gasteiger charge is 2.00. The van der Waals surface area contributed by atoms with E-state index in [0.717, 1.165) is 66.0 Å². The summed E-state index contributed by atoms with van der Waals surface area (Å²) in [6.45, 7) is 6.52. The number of para-hydroxylation sites is 2. The Morgan fingerprint density at radius 2 is 1.12 bits per heavy atom. The first-order valence-corrected chi connectivity index (χ1v) is 20.7. The predicted octanol–water partition coefficient (Wildman–Crippen LogP) is 8.09. The number of likely N-dealkylation sites (N-methyl/N-ethyl adjacent to an activating group) is 1. The minimum absolute atomic E-state index is 0.167. The van der Waals surface area contributed by atoms with E-state index < -0.39 is 29.2 Å². The van der Waals surface area contributed by atoms with Crippen molar-refractivity contribution in [3.05, 3.63) is 144 Å². The molecule has 0 fully saturated rings. The minimum Gasteiger partial charge on any atom is -0.497 e. The summed E-state index contributed by atoms with van der Waals surface area (Å²) in [6.07, 6.45) is 4.79. The van der Waals surface area contributed by atoms with Gasteiger partial charge in [0, 0.05) is 44.7 Å². The van der Waals surface area contributed by atoms with Gasteiger partial charge in [0.15, 0.2) is 0 Å². The molecule has 0 aliphatic heterocycles. The summed E-state index contributed by atoms with van der Waals surface area (Å²) in [5, 5.41) is 11.1. The number of aldehydes is 3. The number of carbonyl (C=O) groups is 6. The van der Waals surface area contributed by atoms with Crippen molar-refractivity contribution in [1.82, 2.24) is 5.32 Å². The number of ether oxygens (including phenoxy) is 2. The van der Waals surface area contributed by atoms with Crippen LogP contribution in [-0.4, -0.2) is 93.5 Å². The van der Waals surface area contributed by atoms with E-state index in [1.165, 1.54) is 30.0 Å². The zero-order valence-corrected chi connectivity index (χ0v) is 40.0. The van der Waals surface area contributed by atoms with Gasteiger partial charge in [0.2, 0.25) is 12.3 Å². The van der Waals surface area contributed by atoms with E-state index in [1.807, 2.05) is 96.4 Å². The molecule has 18 heteroatoms. The number of primary amides is 1. The van der Waals surface area contributed by atoms with Gasteiger partial charge in [-0.25, -0.2) is 17.6 Å². The SMILES string of the molecule is C=O.CCCc1cc(F)cc(F)c1.CCc1cc(F)cc(F)c1.CNCC=O.CNc1ccc(OC)cc1.COc1ccc(N(C)C)cc1.NC(=O)CC=O.O=CCNc1ccccc1NC=O. The molecular weight excluding hydrogens is 889 g/mol. The molecule has 5 aromatic carbocycles. The molecule has 68 heavy (non-hydrogen) atoms. The highest BCUT2D eigenvalue weighted by molar-refractivity contribution is 5.86. The average molecular weight is 955 g/mol. The van der Waals surface area contributed by atoms with Crippen LogP contribution in [0.4, 0.5) is 40.3 Å². The molecule has 5 rings (SSSR count). The molecule has 0 atom stereocenters. The minimum atomic E-state index is -0.579. The van der Waals surface area contributed by atoms with Crippen LogP contribution >= 0.6 is 0 Å². The third kappa shape index (κ3) is 34.8. The van der Waals surface area contributed by atoms with Gasteiger partial charge in [0.1, 0.15) is 60.4 Å². The third-order valence-electron chi connectivity index (χ3n) is 7.85. The molecule has 0 saturated carbocycles. The number of hydrogen-bond donors (Lipinski definition) is 5. The first kappa shape index (κ1) is 64.7. The van der Waals surface area contributed by atoms with Gasteiger partial charge in [-0.05, 0) is 116 Å². The van der Waals surface area contributed by atoms with Crippen LogP contribution in [0, 0.1) is 23.3 Å². The van der Waals surface area contributed by atoms with Gasteiger partial charge in [-0.2, -0.15) is 0 Å². The molecule has 0 unspecified atom stereocenters. The lowest BCUT2D eigenvalue weighted by molar-refractivity contribution is -0.121. The molecule has 372 valence electrons. The second kappa shape index (κ2) is 43.3. The fourth-order valence-electron chi connectivity index (χ4n) is 4.64. The van der Waals surface area contributed by atoms with Crippen LogP contribution in [0.2, 0.25) is 0 Å². The monoisotopic (exact) mass is 954 g/mol. The number of nitrogens with zero attached hydrogens (tertiary/aromatic N) is 1. The quantitative estimate of drug-likeness (QED) is 0.0363. The number of aryl methyl sites for hydroxylation is 2. The van der Waals surface area contributed by atoms with Gasteiger partial charge in [0.05, 0.1) is 45.1 Å². The van der Waals surface area contributed by atoms with E-state index in [1.54, 1.807) is 39.5 Å². The molecule has 2 amide bonds. The Morgan fingerprint density at radius 3 is 1.44 bits per heavy atom. The number of carbonyl (C=O) groups excluding carboxylic acids is 6. The van der Waals surface area contributed by atoms with E-state index >= 15 is 0 Å². The van der Waals surface area contributed by atoms with Crippen LogP contribution in [0.1, 0.15) is 37.8 Å². The first-order valence-electron chi connectivity index (χ1n) is 20.7. The van der Waals surface area contributed by atoms with E-state index in [4.69, 9.17) is 14.3 Å². The molecule has 0 spiro atoms. The Balaban J connectivity index is -0.000000732. The zero-order chi connectivity index (χ0) is 52.1. The Hall–Kier alpha value is -7.60. The number of hydrogen-bond acceptors (Lipinski definition) is 12. The molecule has 0 heterocycles. The van der Waals surface area contributed by atoms with Gasteiger partial charge in [-0.3, -0.25) is 9.59 Å². The third-order valence-corrected chi connectivity index (χ3v) is 7.85. The van der Waals surface area contributed by atoms with Crippen LogP contribution in [0.15, 0.2) is 109 Å². The highest BCUT2D eigenvalue weighted by Crippen LogP contribution is 2.20. The molecule has 0 saturated heterocycles. The van der Waals surface area contributed by atoms with E-state index in [0.29, 0.717) is 36.9 Å². The van der Waals surface area contributed by atoms with E-state index in [-0.39, 0.29) is 13.0 Å². The second-order valence-corrected chi connectivity index (χ2v) is 13.1. The lowest BCUT2D eigenvalue weighted by atomic mass is 10.1. The standard InChI is InChI=1S/C9H10F2.C9H10N2O2.C9H13NO.C8H8F2.C8H11NO.C3H5NO2.C3H7NO.CH2O/c1-2-3-7-4-8(10)6-9(11)5-7;12-6-5-10-8-3-1-2-4-9(8)11-7-13;1-10(2)8-4-6-9(11-3)7-5-8;1-2-6-3-7(9)5-8(10)4-6;1-9-7-3-5-8(10-2)6-4-7;4-3(6)1-2-5;1-4-2-3-5;1-2/h4-6H,2-3H2,1H3;1-4,6-7,10H,5H2,(H,11,13);4-7H,1-3H3;3-5H,2H2,1H3;3-6,9H,1-2H3;2H,1H2,(H2,4,6);3-4H,2H2,1H3;1H2. The Labute approximate surface area is 397 Å². The zero-order valence-electron chi connectivity index (χ0n) is 40.0. The smallest absolute Gasteiger partial charge is 0.224 e. The molecule has 0 aromatic heterocycles. The maximum absolute atomic E-state index is 12.5. The summed E-state index contributed by atoms with van der Waals surface area (Å²) in [5.74, 6) is -0.782. The van der Waals surface area contributed by atoms with Gasteiger partial charge in [-0.15, -0.1) is 0 Å². The van der Waals surface area contributed by atoms with Crippen LogP contribution in [0.25, 0.3) is 0 Å². The van der Waals surface area contributed by atoms with Crippen molar-refractivity contribution in [3.8, 4) is 11.5 Å². The Morgan fingerprint density at radius 1 is 0.662 bits per heavy atom. The Kier molecular flexibility index (Phi) is 41.2. The van der Waals surface area contributed by atoms with Gasteiger partial charge in [-0.1, -0.05) is 32.4 Å². The fourth-order valence-corrected chi connectivity index (χ4v) is 4.64. The summed E-state index contributed by atoms with van der Waals surface area (Å²) >= 11 is 0. The lowest BCUT2D eigenvalue weighted by Crippen LogP contribution is -2.09. The van der Waals surface area contributed by atoms with Crippen molar-refractivity contribution >= 4 is 60.7 Å². The molecule has 5 aromatic rings. The number of nitrogens with one attached hydrogen (secondary N) is 4. The normalized spacial score (nSPS) is 8.88. The van der Waals surface area contributed by atoms with Crippen LogP contribution < -0.4 is 41.4 Å². The number of anilines is 4. The average Bonchev–Trinajstić information content (AvgIpc) is 3.33. The summed E-state index contributed by atoms with van der Waals surface area (Å²) in [5.41, 5.74) is 9.64. The highest BCUT2D eigenvalue weighted by atomic mass is 19.1. The van der Waals surface area contributed by atoms with Crippen molar-refractivity contribution in [3.63, 3.8) is 0 Å². The first-order chi connectivity index (χ1) is 32.6. The molecule has 0 aliphatic rings. The summed E-state index contributed by atoms with van der Waals surface area (Å²) in [6, 6.07) is 30.1. The summed E-state index contributed by atoms with van der Waals surface area (Å²) in [7, 11) is 11.0. The molecule has 6 N–H and O–H groups in total. The molecule has 0 radical (unpaired) electrons. The molecular formula is C50H66F4N6O8. The van der Waals surface area contributed by atoms with Crippen LogP contribution in [0.3, 0.4) is 0 Å². The van der Waals surface area contributed by atoms with E-state index in [2.05, 4.69) is 31.9 Å². The molecule has 0 bridgehead atoms. The van der Waals surface area contributed by atoms with E-state index in [9.17, 15) is 41.5 Å². The topological polar surface area (TPSA) is 198 Å². The number of nitrogens with two attached hydrogens (primary N) is 1. The second-order valence-electron chi connectivity index (χ2n) is 13.1. The van der Waals surface area contributed by atoms with Crippen molar-refractivity contribution in [2.75, 3.05) is 76.4 Å². The van der Waals surface area contributed by atoms with Gasteiger partial charge >= 0.3 is 0 Å². The maximum atomic E-state index is 12.5. The number of halogens is 4. The molecule has 14 nitrogen and oxygen atoms in total. The number of benzene rings is 5. The number of methoxy groups -OCH3 is 2. The summed E-state index contributed by atoms with van der Waals surface area (Å²) in [4.78, 5) is 58.6. The van der Waals surface area contributed by atoms with Gasteiger partial charge < -0.3 is 60.6 Å². The van der Waals surface area contributed by atoms with Crippen molar-refractivity contribution in [2.45, 2.75) is 39.5 Å². The van der Waals surface area contributed by atoms with Crippen LogP contribution in [0.5, 0.6) is 11.5 Å². The van der Waals surface area contributed by atoms with Crippen molar-refractivity contribution in [2.24, 2.45) is 5.73 Å². The molecule has 0 aliphatic carbocycles. The number of rotatable bonds is 16.